The highest BCUT2D eigenvalue weighted by molar-refractivity contribution is 6.18. The summed E-state index contributed by atoms with van der Waals surface area (Å²) < 4.78 is 11.3. The van der Waals surface area contributed by atoms with E-state index in [4.69, 9.17) is 21.1 Å². The van der Waals surface area contributed by atoms with E-state index in [-0.39, 0.29) is 24.3 Å². The zero-order chi connectivity index (χ0) is 19.4. The Labute approximate surface area is 158 Å². The predicted octanol–water partition coefficient (Wildman–Crippen LogP) is 0.728. The van der Waals surface area contributed by atoms with Crippen molar-refractivity contribution in [1.82, 2.24) is 10.6 Å². The van der Waals surface area contributed by atoms with Gasteiger partial charge in [-0.05, 0) is 12.1 Å². The maximum atomic E-state index is 10.9. The average Bonchev–Trinajstić information content (AvgIpc) is 2.60. The van der Waals surface area contributed by atoms with Crippen LogP contribution in [-0.2, 0) is 9.59 Å². The summed E-state index contributed by atoms with van der Waals surface area (Å²) in [6, 6.07) is 5.26. The highest BCUT2D eigenvalue weighted by atomic mass is 35.5. The molecule has 0 radical (unpaired) electrons. The van der Waals surface area contributed by atoms with E-state index in [0.717, 1.165) is 5.69 Å². The number of hydrogen-bond acceptors (Lipinski definition) is 6. The summed E-state index contributed by atoms with van der Waals surface area (Å²) in [7, 11) is 0. The predicted molar refractivity (Wildman–Crippen MR) is 100 cm³/mol. The molecule has 0 aliphatic carbocycles. The van der Waals surface area contributed by atoms with Gasteiger partial charge in [0.25, 0.3) is 0 Å². The van der Waals surface area contributed by atoms with Gasteiger partial charge in [0.1, 0.15) is 13.2 Å². The standard InChI is InChI=1S/C17H26ClN3O5/c1-12(22)19-5-7-25-16-4-3-14(21-11-15(24)10-18)9-17(16)26-8-6-20-13(2)23/h3-4,9,15,21,24H,5-8,10-11H2,1-2H3,(H,19,22)(H,20,23). The molecular weight excluding hydrogens is 362 g/mol. The molecule has 1 aromatic rings. The van der Waals surface area contributed by atoms with Crippen molar-refractivity contribution in [3.63, 3.8) is 0 Å². The van der Waals surface area contributed by atoms with Crippen LogP contribution in [-0.4, -0.2) is 61.8 Å². The lowest BCUT2D eigenvalue weighted by molar-refractivity contribution is -0.119. The summed E-state index contributed by atoms with van der Waals surface area (Å²) in [5, 5.41) is 17.9. The number of halogens is 1. The average molecular weight is 388 g/mol. The number of rotatable bonds is 12. The third-order valence-corrected chi connectivity index (χ3v) is 3.49. The number of carbonyl (C=O) groups is 2. The van der Waals surface area contributed by atoms with Crippen molar-refractivity contribution in [1.29, 1.82) is 0 Å². The molecule has 8 nitrogen and oxygen atoms in total. The van der Waals surface area contributed by atoms with Crippen LogP contribution in [0.3, 0.4) is 0 Å². The van der Waals surface area contributed by atoms with Crippen molar-refractivity contribution in [3.05, 3.63) is 18.2 Å². The molecule has 1 aromatic carbocycles. The third kappa shape index (κ3) is 9.33. The molecule has 2 amide bonds. The largest absolute Gasteiger partial charge is 0.488 e. The van der Waals surface area contributed by atoms with Crippen molar-refractivity contribution in [2.45, 2.75) is 20.0 Å². The van der Waals surface area contributed by atoms with Crippen molar-refractivity contribution < 1.29 is 24.2 Å². The molecule has 0 saturated carbocycles. The second kappa shape index (κ2) is 12.2. The maximum absolute atomic E-state index is 10.9. The topological polar surface area (TPSA) is 109 Å². The summed E-state index contributed by atoms with van der Waals surface area (Å²) in [5.41, 5.74) is 0.734. The van der Waals surface area contributed by atoms with E-state index in [1.807, 2.05) is 0 Å². The minimum atomic E-state index is -0.658. The fraction of sp³-hybridized carbons (Fsp3) is 0.529. The van der Waals surface area contributed by atoms with Crippen LogP contribution < -0.4 is 25.4 Å². The van der Waals surface area contributed by atoms with Crippen LogP contribution in [0.4, 0.5) is 5.69 Å². The van der Waals surface area contributed by atoms with Crippen LogP contribution in [0.2, 0.25) is 0 Å². The van der Waals surface area contributed by atoms with Gasteiger partial charge in [-0.2, -0.15) is 0 Å². The fourth-order valence-electron chi connectivity index (χ4n) is 1.92. The molecule has 4 N–H and O–H groups in total. The molecule has 0 aliphatic rings. The first-order valence-corrected chi connectivity index (χ1v) is 8.82. The van der Waals surface area contributed by atoms with Gasteiger partial charge in [-0.1, -0.05) is 0 Å². The SMILES string of the molecule is CC(=O)NCCOc1ccc(NCC(O)CCl)cc1OCCNC(C)=O. The quantitative estimate of drug-likeness (QED) is 0.311. The summed E-state index contributed by atoms with van der Waals surface area (Å²) in [6.07, 6.45) is -0.658. The molecule has 1 unspecified atom stereocenters. The molecule has 0 bridgehead atoms. The highest BCUT2D eigenvalue weighted by Crippen LogP contribution is 2.30. The Balaban J connectivity index is 2.68. The van der Waals surface area contributed by atoms with Crippen LogP contribution in [0.25, 0.3) is 0 Å². The lowest BCUT2D eigenvalue weighted by Crippen LogP contribution is -2.26. The zero-order valence-electron chi connectivity index (χ0n) is 15.0. The number of anilines is 1. The second-order valence-corrected chi connectivity index (χ2v) is 5.82. The molecule has 1 atom stereocenters. The van der Waals surface area contributed by atoms with Gasteiger partial charge >= 0.3 is 0 Å². The fourth-order valence-corrected chi connectivity index (χ4v) is 2.03. The molecule has 0 heterocycles. The second-order valence-electron chi connectivity index (χ2n) is 5.51. The Morgan fingerprint density at radius 3 is 2.19 bits per heavy atom. The van der Waals surface area contributed by atoms with Crippen molar-refractivity contribution in [2.75, 3.05) is 44.0 Å². The van der Waals surface area contributed by atoms with Gasteiger partial charge in [0, 0.05) is 32.1 Å². The summed E-state index contributed by atoms with van der Waals surface area (Å²) in [6.45, 7) is 4.48. The Hall–Kier alpha value is -2.19. The molecule has 0 saturated heterocycles. The van der Waals surface area contributed by atoms with Gasteiger partial charge in [-0.15, -0.1) is 11.6 Å². The number of ether oxygens (including phenoxy) is 2. The molecule has 26 heavy (non-hydrogen) atoms. The number of hydrogen-bond donors (Lipinski definition) is 4. The molecule has 0 spiro atoms. The number of nitrogens with one attached hydrogen (secondary N) is 3. The van der Waals surface area contributed by atoms with Crippen LogP contribution in [0.1, 0.15) is 13.8 Å². The minimum absolute atomic E-state index is 0.127. The van der Waals surface area contributed by atoms with Crippen LogP contribution in [0.5, 0.6) is 11.5 Å². The number of benzene rings is 1. The summed E-state index contributed by atoms with van der Waals surface area (Å²) in [4.78, 5) is 21.8. The van der Waals surface area contributed by atoms with Gasteiger partial charge in [0.15, 0.2) is 11.5 Å². The Kier molecular flexibility index (Phi) is 10.3. The molecule has 146 valence electrons. The monoisotopic (exact) mass is 387 g/mol. The lowest BCUT2D eigenvalue weighted by Gasteiger charge is -2.16. The van der Waals surface area contributed by atoms with Crippen molar-refractivity contribution in [3.8, 4) is 11.5 Å². The van der Waals surface area contributed by atoms with E-state index >= 15 is 0 Å². The van der Waals surface area contributed by atoms with E-state index in [1.165, 1.54) is 13.8 Å². The Bertz CT molecular complexity index is 586. The van der Waals surface area contributed by atoms with E-state index in [9.17, 15) is 14.7 Å². The molecule has 0 fully saturated rings. The third-order valence-electron chi connectivity index (χ3n) is 3.13. The van der Waals surface area contributed by atoms with Crippen LogP contribution in [0.15, 0.2) is 18.2 Å². The maximum Gasteiger partial charge on any atom is 0.216 e. The van der Waals surface area contributed by atoms with Crippen LogP contribution in [0, 0.1) is 0 Å². The van der Waals surface area contributed by atoms with Gasteiger partial charge in [0.2, 0.25) is 11.8 Å². The number of amides is 2. The highest BCUT2D eigenvalue weighted by Gasteiger charge is 2.09. The number of alkyl halides is 1. The van der Waals surface area contributed by atoms with E-state index in [0.29, 0.717) is 37.7 Å². The first kappa shape index (κ1) is 21.9. The Morgan fingerprint density at radius 1 is 1.08 bits per heavy atom. The van der Waals surface area contributed by atoms with Crippen molar-refractivity contribution >= 4 is 29.1 Å². The van der Waals surface area contributed by atoms with E-state index < -0.39 is 6.10 Å². The van der Waals surface area contributed by atoms with E-state index in [1.54, 1.807) is 18.2 Å². The molecule has 0 aromatic heterocycles. The number of aliphatic hydroxyl groups is 1. The first-order valence-electron chi connectivity index (χ1n) is 8.28. The van der Waals surface area contributed by atoms with E-state index in [2.05, 4.69) is 16.0 Å². The molecule has 0 aliphatic heterocycles. The molecule has 9 heteroatoms. The van der Waals surface area contributed by atoms with Gasteiger partial charge in [-0.3, -0.25) is 9.59 Å². The minimum Gasteiger partial charge on any atom is -0.488 e. The molecule has 1 rings (SSSR count). The summed E-state index contributed by atoms with van der Waals surface area (Å²) >= 11 is 5.58. The van der Waals surface area contributed by atoms with Gasteiger partial charge in [0.05, 0.1) is 25.1 Å². The van der Waals surface area contributed by atoms with Crippen molar-refractivity contribution in [2.24, 2.45) is 0 Å². The molecular formula is C17H26ClN3O5. The van der Waals surface area contributed by atoms with Crippen LogP contribution >= 0.6 is 11.6 Å². The Morgan fingerprint density at radius 2 is 1.65 bits per heavy atom. The van der Waals surface area contributed by atoms with Gasteiger partial charge < -0.3 is 30.5 Å². The number of aliphatic hydroxyl groups excluding tert-OH is 1. The van der Waals surface area contributed by atoms with Gasteiger partial charge in [-0.25, -0.2) is 0 Å². The smallest absolute Gasteiger partial charge is 0.216 e. The lowest BCUT2D eigenvalue weighted by atomic mass is 10.2. The normalized spacial score (nSPS) is 11.4. The zero-order valence-corrected chi connectivity index (χ0v) is 15.8. The number of carbonyl (C=O) groups excluding carboxylic acids is 2. The first-order chi connectivity index (χ1) is 12.4. The summed E-state index contributed by atoms with van der Waals surface area (Å²) in [5.74, 6) is 0.881.